The Hall–Kier alpha value is -0.360. The molecule has 0 saturated carbocycles. The van der Waals surface area contributed by atoms with Gasteiger partial charge in [0.1, 0.15) is 0 Å². The van der Waals surface area contributed by atoms with Crippen LogP contribution in [0.1, 0.15) is 13.3 Å². The molecule has 0 heterocycles. The third kappa shape index (κ3) is 4.76. The van der Waals surface area contributed by atoms with E-state index in [1.807, 2.05) is 6.92 Å². The zero-order valence-electron chi connectivity index (χ0n) is 8.07. The predicted molar refractivity (Wildman–Crippen MR) is 46.7 cm³/mol. The molecule has 0 aromatic carbocycles. The van der Waals surface area contributed by atoms with Crippen LogP contribution in [0.2, 0.25) is 0 Å². The third-order valence-electron chi connectivity index (χ3n) is 2.02. The summed E-state index contributed by atoms with van der Waals surface area (Å²) < 4.78 is 48.1. The lowest BCUT2D eigenvalue weighted by atomic mass is 10.1. The van der Waals surface area contributed by atoms with Gasteiger partial charge in [0.05, 0.1) is 6.54 Å². The number of nitrogens with one attached hydrogen (secondary N) is 1. The minimum Gasteiger partial charge on any atom is -0.330 e. The Morgan fingerprint density at radius 3 is 2.29 bits per heavy atom. The Morgan fingerprint density at radius 1 is 1.36 bits per heavy atom. The van der Waals surface area contributed by atoms with Crippen LogP contribution in [-0.2, 0) is 0 Å². The average Bonchev–Trinajstić information content (AvgIpc) is 2.12. The number of hydrogen-bond donors (Lipinski definition) is 2. The van der Waals surface area contributed by atoms with Gasteiger partial charge in [0.25, 0.3) is 0 Å². The monoisotopic (exact) mass is 216 g/mol. The molecule has 0 rings (SSSR count). The van der Waals surface area contributed by atoms with Crippen molar-refractivity contribution in [3.8, 4) is 0 Å². The van der Waals surface area contributed by atoms with Crippen LogP contribution in [0.4, 0.5) is 17.6 Å². The first-order valence-corrected chi connectivity index (χ1v) is 4.50. The van der Waals surface area contributed by atoms with Crippen molar-refractivity contribution in [1.29, 1.82) is 0 Å². The van der Waals surface area contributed by atoms with Crippen LogP contribution >= 0.6 is 0 Å². The van der Waals surface area contributed by atoms with Crippen LogP contribution in [0.3, 0.4) is 0 Å². The second-order valence-corrected chi connectivity index (χ2v) is 3.20. The highest BCUT2D eigenvalue weighted by molar-refractivity contribution is 4.73. The van der Waals surface area contributed by atoms with E-state index >= 15 is 0 Å². The van der Waals surface area contributed by atoms with E-state index in [4.69, 9.17) is 5.73 Å². The average molecular weight is 216 g/mol. The lowest BCUT2D eigenvalue weighted by Crippen LogP contribution is -2.41. The second-order valence-electron chi connectivity index (χ2n) is 3.20. The lowest BCUT2D eigenvalue weighted by Gasteiger charge is -2.18. The molecule has 0 radical (unpaired) electrons. The van der Waals surface area contributed by atoms with E-state index in [-0.39, 0.29) is 12.5 Å². The maximum atomic E-state index is 12.4. The molecule has 1 unspecified atom stereocenters. The molecule has 1 atom stereocenters. The highest BCUT2D eigenvalue weighted by Gasteiger charge is 2.40. The van der Waals surface area contributed by atoms with E-state index < -0.39 is 18.9 Å². The minimum absolute atomic E-state index is 0.0588. The van der Waals surface area contributed by atoms with Crippen LogP contribution < -0.4 is 11.1 Å². The Balaban J connectivity index is 3.72. The lowest BCUT2D eigenvalue weighted by molar-refractivity contribution is -0.125. The van der Waals surface area contributed by atoms with E-state index in [0.717, 1.165) is 6.42 Å². The molecule has 0 aliphatic heterocycles. The van der Waals surface area contributed by atoms with E-state index in [9.17, 15) is 17.6 Å². The van der Waals surface area contributed by atoms with Gasteiger partial charge in [-0.05, 0) is 19.0 Å². The highest BCUT2D eigenvalue weighted by atomic mass is 19.3. The topological polar surface area (TPSA) is 38.0 Å². The van der Waals surface area contributed by atoms with Crippen LogP contribution in [-0.4, -0.2) is 32.0 Å². The van der Waals surface area contributed by atoms with Gasteiger partial charge in [-0.3, -0.25) is 0 Å². The van der Waals surface area contributed by atoms with Crippen LogP contribution in [0.15, 0.2) is 0 Å². The van der Waals surface area contributed by atoms with Gasteiger partial charge in [0, 0.05) is 0 Å². The molecule has 0 bridgehead atoms. The SMILES string of the molecule is CCC(CN)CNCC(F)(F)C(F)F. The maximum Gasteiger partial charge on any atom is 0.319 e. The summed E-state index contributed by atoms with van der Waals surface area (Å²) >= 11 is 0. The van der Waals surface area contributed by atoms with Gasteiger partial charge in [-0.15, -0.1) is 0 Å². The normalized spacial score (nSPS) is 14.8. The summed E-state index contributed by atoms with van der Waals surface area (Å²) in [4.78, 5) is 0. The zero-order chi connectivity index (χ0) is 11.2. The maximum absolute atomic E-state index is 12.4. The van der Waals surface area contributed by atoms with Crippen molar-refractivity contribution in [3.63, 3.8) is 0 Å². The van der Waals surface area contributed by atoms with E-state index in [2.05, 4.69) is 5.32 Å². The molecular formula is C8H16F4N2. The van der Waals surface area contributed by atoms with Gasteiger partial charge in [-0.2, -0.15) is 8.78 Å². The Bertz CT molecular complexity index is 148. The Labute approximate surface area is 80.8 Å². The fourth-order valence-electron chi connectivity index (χ4n) is 0.914. The van der Waals surface area contributed by atoms with Crippen molar-refractivity contribution in [2.24, 2.45) is 11.7 Å². The Morgan fingerprint density at radius 2 is 1.93 bits per heavy atom. The molecule has 0 saturated heterocycles. The predicted octanol–water partition coefficient (Wildman–Crippen LogP) is 1.46. The first kappa shape index (κ1) is 13.6. The summed E-state index contributed by atoms with van der Waals surface area (Å²) in [5.74, 6) is -3.89. The largest absolute Gasteiger partial charge is 0.330 e. The summed E-state index contributed by atoms with van der Waals surface area (Å²) in [6.07, 6.45) is -2.88. The van der Waals surface area contributed by atoms with Crippen molar-refractivity contribution >= 4 is 0 Å². The van der Waals surface area contributed by atoms with Crippen molar-refractivity contribution < 1.29 is 17.6 Å². The molecule has 0 aromatic heterocycles. The fourth-order valence-corrected chi connectivity index (χ4v) is 0.914. The van der Waals surface area contributed by atoms with Gasteiger partial charge in [0.2, 0.25) is 0 Å². The van der Waals surface area contributed by atoms with Crippen molar-refractivity contribution in [3.05, 3.63) is 0 Å². The first-order valence-electron chi connectivity index (χ1n) is 4.50. The molecular weight excluding hydrogens is 200 g/mol. The Kier molecular flexibility index (Phi) is 6.03. The molecule has 6 heteroatoms. The summed E-state index contributed by atoms with van der Waals surface area (Å²) in [5, 5.41) is 2.30. The summed E-state index contributed by atoms with van der Waals surface area (Å²) in [7, 11) is 0. The summed E-state index contributed by atoms with van der Waals surface area (Å²) in [6.45, 7) is 1.48. The molecule has 14 heavy (non-hydrogen) atoms. The zero-order valence-corrected chi connectivity index (χ0v) is 8.07. The van der Waals surface area contributed by atoms with Gasteiger partial charge < -0.3 is 11.1 Å². The molecule has 0 fully saturated rings. The highest BCUT2D eigenvalue weighted by Crippen LogP contribution is 2.21. The van der Waals surface area contributed by atoms with Gasteiger partial charge in [0.15, 0.2) is 0 Å². The molecule has 0 aromatic rings. The molecule has 3 N–H and O–H groups in total. The van der Waals surface area contributed by atoms with Crippen LogP contribution in [0, 0.1) is 5.92 Å². The van der Waals surface area contributed by atoms with Crippen LogP contribution in [0.25, 0.3) is 0 Å². The van der Waals surface area contributed by atoms with Crippen LogP contribution in [0.5, 0.6) is 0 Å². The minimum atomic E-state index is -3.95. The second kappa shape index (κ2) is 6.19. The molecule has 86 valence electrons. The van der Waals surface area contributed by atoms with Gasteiger partial charge >= 0.3 is 12.3 Å². The number of nitrogens with two attached hydrogens (primary N) is 1. The molecule has 0 aliphatic carbocycles. The number of rotatable bonds is 7. The van der Waals surface area contributed by atoms with Gasteiger partial charge in [-0.25, -0.2) is 8.78 Å². The van der Waals surface area contributed by atoms with Crippen molar-refractivity contribution in [1.82, 2.24) is 5.32 Å². The smallest absolute Gasteiger partial charge is 0.319 e. The number of hydrogen-bond acceptors (Lipinski definition) is 2. The molecule has 0 aliphatic rings. The summed E-state index contributed by atoms with van der Waals surface area (Å²) in [5.41, 5.74) is 5.32. The third-order valence-corrected chi connectivity index (χ3v) is 2.02. The van der Waals surface area contributed by atoms with Crippen molar-refractivity contribution in [2.75, 3.05) is 19.6 Å². The standard InChI is InChI=1S/C8H16F4N2/c1-2-6(3-13)4-14-5-8(11,12)7(9)10/h6-7,14H,2-5,13H2,1H3. The first-order chi connectivity index (χ1) is 6.44. The van der Waals surface area contributed by atoms with Gasteiger partial charge in [-0.1, -0.05) is 13.3 Å². The molecule has 0 amide bonds. The van der Waals surface area contributed by atoms with E-state index in [1.54, 1.807) is 0 Å². The summed E-state index contributed by atoms with van der Waals surface area (Å²) in [6, 6.07) is 0. The van der Waals surface area contributed by atoms with E-state index in [1.165, 1.54) is 0 Å². The van der Waals surface area contributed by atoms with E-state index in [0.29, 0.717) is 6.54 Å². The fraction of sp³-hybridized carbons (Fsp3) is 1.00. The number of halogens is 4. The quantitative estimate of drug-likeness (QED) is 0.632. The molecule has 0 spiro atoms. The molecule has 2 nitrogen and oxygen atoms in total. The van der Waals surface area contributed by atoms with Crippen molar-refractivity contribution in [2.45, 2.75) is 25.7 Å². The number of alkyl halides is 4.